The Morgan fingerprint density at radius 1 is 1.06 bits per heavy atom. The van der Waals surface area contributed by atoms with E-state index >= 15 is 0 Å². The van der Waals surface area contributed by atoms with Crippen molar-refractivity contribution in [3.63, 3.8) is 0 Å². The Balaban J connectivity index is 1.60. The van der Waals surface area contributed by atoms with E-state index in [1.165, 1.54) is 0 Å². The molecule has 6 nitrogen and oxygen atoms in total. The molecule has 0 aliphatic carbocycles. The predicted octanol–water partition coefficient (Wildman–Crippen LogP) is 5.50. The average Bonchev–Trinajstić information content (AvgIpc) is 3.29. The molecular weight excluding hydrogens is 436 g/mol. The molecular formula is C26H25ClN4O2. The fourth-order valence-corrected chi connectivity index (χ4v) is 4.47. The Kier molecular flexibility index (Phi) is 6.01. The van der Waals surface area contributed by atoms with Gasteiger partial charge in [0, 0.05) is 41.4 Å². The second-order valence-corrected chi connectivity index (χ2v) is 8.65. The van der Waals surface area contributed by atoms with Crippen LogP contribution in [0.1, 0.15) is 19.8 Å². The highest BCUT2D eigenvalue weighted by Crippen LogP contribution is 2.30. The van der Waals surface area contributed by atoms with Gasteiger partial charge in [-0.1, -0.05) is 54.1 Å². The van der Waals surface area contributed by atoms with E-state index in [9.17, 15) is 4.79 Å². The van der Waals surface area contributed by atoms with Gasteiger partial charge >= 0.3 is 5.97 Å². The first-order valence-electron chi connectivity index (χ1n) is 11.3. The lowest BCUT2D eigenvalue weighted by atomic mass is 9.98. The molecule has 1 aliphatic rings. The molecule has 0 N–H and O–H groups in total. The molecule has 0 amide bonds. The van der Waals surface area contributed by atoms with E-state index in [1.807, 2.05) is 60.0 Å². The molecule has 1 atom stereocenters. The van der Waals surface area contributed by atoms with E-state index in [1.54, 1.807) is 0 Å². The number of anilines is 1. The van der Waals surface area contributed by atoms with Gasteiger partial charge in [-0.05, 0) is 31.9 Å². The molecule has 0 unspecified atom stereocenters. The number of fused-ring (bicyclic) bond motifs is 1. The Morgan fingerprint density at radius 3 is 2.58 bits per heavy atom. The molecule has 4 aromatic rings. The number of esters is 1. The Morgan fingerprint density at radius 2 is 1.82 bits per heavy atom. The highest BCUT2D eigenvalue weighted by atomic mass is 35.5. The minimum absolute atomic E-state index is 0.127. The number of halogens is 1. The zero-order valence-corrected chi connectivity index (χ0v) is 19.2. The van der Waals surface area contributed by atoms with Crippen molar-refractivity contribution in [3.05, 3.63) is 71.8 Å². The number of rotatable bonds is 5. The van der Waals surface area contributed by atoms with E-state index in [2.05, 4.69) is 23.1 Å². The number of benzene rings is 2. The van der Waals surface area contributed by atoms with Crippen molar-refractivity contribution in [2.24, 2.45) is 5.92 Å². The van der Waals surface area contributed by atoms with Crippen LogP contribution in [0.3, 0.4) is 0 Å². The maximum Gasteiger partial charge on any atom is 0.310 e. The van der Waals surface area contributed by atoms with E-state index < -0.39 is 0 Å². The van der Waals surface area contributed by atoms with Crippen LogP contribution in [0.15, 0.2) is 66.7 Å². The van der Waals surface area contributed by atoms with Crippen LogP contribution in [0.4, 0.5) is 5.82 Å². The summed E-state index contributed by atoms with van der Waals surface area (Å²) in [5, 5.41) is 5.57. The maximum absolute atomic E-state index is 12.4. The fraction of sp³-hybridized carbons (Fsp3) is 0.269. The SMILES string of the molecule is CCOC(=O)[C@@H]1CCCN(c2cc(-c3ccccc3)nc3cc(-c4ccc(Cl)cc4)nn23)C1. The lowest BCUT2D eigenvalue weighted by Gasteiger charge is -2.33. The molecule has 3 heterocycles. The molecule has 5 rings (SSSR count). The first-order chi connectivity index (χ1) is 16.1. The van der Waals surface area contributed by atoms with Gasteiger partial charge < -0.3 is 9.64 Å². The smallest absolute Gasteiger partial charge is 0.310 e. The number of carbonyl (C=O) groups is 1. The van der Waals surface area contributed by atoms with Crippen LogP contribution >= 0.6 is 11.6 Å². The normalized spacial score (nSPS) is 16.2. The summed E-state index contributed by atoms with van der Waals surface area (Å²) in [4.78, 5) is 19.6. The number of hydrogen-bond acceptors (Lipinski definition) is 5. The quantitative estimate of drug-likeness (QED) is 0.368. The van der Waals surface area contributed by atoms with Gasteiger partial charge in [-0.2, -0.15) is 9.61 Å². The van der Waals surface area contributed by atoms with Crippen LogP contribution in [0.25, 0.3) is 28.2 Å². The molecule has 1 saturated heterocycles. The van der Waals surface area contributed by atoms with Gasteiger partial charge in [0.05, 0.1) is 23.9 Å². The van der Waals surface area contributed by atoms with Crippen molar-refractivity contribution in [2.45, 2.75) is 19.8 Å². The van der Waals surface area contributed by atoms with Crippen molar-refractivity contribution in [1.29, 1.82) is 0 Å². The summed E-state index contributed by atoms with van der Waals surface area (Å²) < 4.78 is 7.19. The van der Waals surface area contributed by atoms with Gasteiger partial charge in [-0.15, -0.1) is 0 Å². The average molecular weight is 461 g/mol. The Bertz CT molecular complexity index is 1270. The highest BCUT2D eigenvalue weighted by molar-refractivity contribution is 6.30. The molecule has 7 heteroatoms. The monoisotopic (exact) mass is 460 g/mol. The summed E-state index contributed by atoms with van der Waals surface area (Å²) >= 11 is 6.07. The van der Waals surface area contributed by atoms with Crippen molar-refractivity contribution in [1.82, 2.24) is 14.6 Å². The van der Waals surface area contributed by atoms with Crippen LogP contribution in [0.2, 0.25) is 5.02 Å². The molecule has 1 aliphatic heterocycles. The fourth-order valence-electron chi connectivity index (χ4n) is 4.34. The van der Waals surface area contributed by atoms with Crippen molar-refractivity contribution in [3.8, 4) is 22.5 Å². The Hall–Kier alpha value is -3.38. The molecule has 0 radical (unpaired) electrons. The van der Waals surface area contributed by atoms with E-state index in [-0.39, 0.29) is 11.9 Å². The predicted molar refractivity (Wildman–Crippen MR) is 130 cm³/mol. The third-order valence-corrected chi connectivity index (χ3v) is 6.24. The lowest BCUT2D eigenvalue weighted by Crippen LogP contribution is -2.40. The number of hydrogen-bond donors (Lipinski definition) is 0. The third kappa shape index (κ3) is 4.44. The van der Waals surface area contributed by atoms with Crippen LogP contribution < -0.4 is 4.90 Å². The van der Waals surface area contributed by atoms with Crippen LogP contribution in [0, 0.1) is 5.92 Å². The first-order valence-corrected chi connectivity index (χ1v) is 11.6. The summed E-state index contributed by atoms with van der Waals surface area (Å²) in [5.41, 5.74) is 4.47. The number of carbonyl (C=O) groups excluding carboxylic acids is 1. The minimum atomic E-state index is -0.145. The molecule has 0 bridgehead atoms. The van der Waals surface area contributed by atoms with E-state index in [0.717, 1.165) is 53.4 Å². The second-order valence-electron chi connectivity index (χ2n) is 8.21. The molecule has 0 spiro atoms. The molecule has 1 fully saturated rings. The van der Waals surface area contributed by atoms with E-state index in [0.29, 0.717) is 18.2 Å². The summed E-state index contributed by atoms with van der Waals surface area (Å²) in [5.74, 6) is 0.652. The number of nitrogens with zero attached hydrogens (tertiary/aromatic N) is 4. The van der Waals surface area contributed by atoms with Gasteiger partial charge in [-0.3, -0.25) is 4.79 Å². The summed E-state index contributed by atoms with van der Waals surface area (Å²) in [6.07, 6.45) is 1.75. The lowest BCUT2D eigenvalue weighted by molar-refractivity contribution is -0.148. The van der Waals surface area contributed by atoms with Gasteiger partial charge in [-0.25, -0.2) is 4.98 Å². The number of aromatic nitrogens is 3. The first kappa shape index (κ1) is 21.5. The largest absolute Gasteiger partial charge is 0.466 e. The molecule has 2 aromatic heterocycles. The van der Waals surface area contributed by atoms with Crippen LogP contribution in [-0.4, -0.2) is 40.3 Å². The number of piperidine rings is 1. The minimum Gasteiger partial charge on any atom is -0.466 e. The van der Waals surface area contributed by atoms with Crippen molar-refractivity contribution < 1.29 is 9.53 Å². The van der Waals surface area contributed by atoms with E-state index in [4.69, 9.17) is 26.4 Å². The maximum atomic E-state index is 12.4. The Labute approximate surface area is 197 Å². The summed E-state index contributed by atoms with van der Waals surface area (Å²) in [6.45, 7) is 3.69. The standard InChI is InChI=1S/C26H25ClN4O2/c1-2-33-26(32)20-9-6-14-30(17-20)25-16-22(18-7-4-3-5-8-18)28-24-15-23(29-31(24)25)19-10-12-21(27)13-11-19/h3-5,7-8,10-13,15-16,20H,2,6,9,14,17H2,1H3/t20-/m1/s1. The van der Waals surface area contributed by atoms with Crippen molar-refractivity contribution >= 4 is 29.0 Å². The topological polar surface area (TPSA) is 59.7 Å². The van der Waals surface area contributed by atoms with Crippen LogP contribution in [0.5, 0.6) is 0 Å². The molecule has 168 valence electrons. The van der Waals surface area contributed by atoms with Crippen molar-refractivity contribution in [2.75, 3.05) is 24.6 Å². The van der Waals surface area contributed by atoms with Gasteiger partial charge in [0.1, 0.15) is 5.82 Å². The number of ether oxygens (including phenoxy) is 1. The zero-order chi connectivity index (χ0) is 22.8. The summed E-state index contributed by atoms with van der Waals surface area (Å²) in [7, 11) is 0. The van der Waals surface area contributed by atoms with Gasteiger partial charge in [0.15, 0.2) is 5.65 Å². The second kappa shape index (κ2) is 9.24. The van der Waals surface area contributed by atoms with Crippen LogP contribution in [-0.2, 0) is 9.53 Å². The molecule has 2 aromatic carbocycles. The van der Waals surface area contributed by atoms with Gasteiger partial charge in [0.25, 0.3) is 0 Å². The zero-order valence-electron chi connectivity index (χ0n) is 18.4. The third-order valence-electron chi connectivity index (χ3n) is 5.98. The molecule has 0 saturated carbocycles. The highest BCUT2D eigenvalue weighted by Gasteiger charge is 2.29. The van der Waals surface area contributed by atoms with Gasteiger partial charge in [0.2, 0.25) is 0 Å². The molecule has 33 heavy (non-hydrogen) atoms. The summed E-state index contributed by atoms with van der Waals surface area (Å²) in [6, 6.07) is 21.8.